The highest BCUT2D eigenvalue weighted by atomic mass is 16.5. The number of hydrogen-bond acceptors (Lipinski definition) is 2. The number of aromatic amines is 1. The smallest absolute Gasteiger partial charge is 0.310 e. The summed E-state index contributed by atoms with van der Waals surface area (Å²) in [5.41, 5.74) is 3.23. The summed E-state index contributed by atoms with van der Waals surface area (Å²) in [5.74, 6) is -0.211. The minimum atomic E-state index is -0.211. The topological polar surface area (TPSA) is 42.1 Å². The van der Waals surface area contributed by atoms with Crippen LogP contribution in [0.3, 0.4) is 0 Å². The molecule has 78 valence electrons. The zero-order valence-electron chi connectivity index (χ0n) is 8.83. The number of H-pyrrole nitrogens is 1. The van der Waals surface area contributed by atoms with Crippen LogP contribution in [0, 0.1) is 6.92 Å². The Balaban J connectivity index is 2.43. The Labute approximate surface area is 88.1 Å². The van der Waals surface area contributed by atoms with Crippen LogP contribution in [0.1, 0.15) is 11.1 Å². The van der Waals surface area contributed by atoms with Crippen molar-refractivity contribution in [2.24, 2.45) is 0 Å². The standard InChI is InChI=1S/C12H13NO2/c1-8-3-4-11-10(5-8)9(7-13-11)6-12(14)15-2/h3-5,7,13H,6H2,1-2H3. The molecule has 0 atom stereocenters. The summed E-state index contributed by atoms with van der Waals surface area (Å²) in [6.45, 7) is 2.04. The Morgan fingerprint density at radius 2 is 2.27 bits per heavy atom. The third kappa shape index (κ3) is 1.86. The molecule has 0 spiro atoms. The average molecular weight is 203 g/mol. The summed E-state index contributed by atoms with van der Waals surface area (Å²) in [7, 11) is 1.41. The summed E-state index contributed by atoms with van der Waals surface area (Å²) in [6.07, 6.45) is 2.18. The van der Waals surface area contributed by atoms with Gasteiger partial charge in [-0.2, -0.15) is 0 Å². The van der Waals surface area contributed by atoms with Crippen LogP contribution in [0.2, 0.25) is 0 Å². The summed E-state index contributed by atoms with van der Waals surface area (Å²) in [5, 5.41) is 1.10. The van der Waals surface area contributed by atoms with Gasteiger partial charge in [-0.1, -0.05) is 11.6 Å². The second-order valence-corrected chi connectivity index (χ2v) is 3.62. The third-order valence-corrected chi connectivity index (χ3v) is 2.49. The molecule has 0 aliphatic rings. The van der Waals surface area contributed by atoms with Crippen molar-refractivity contribution in [2.75, 3.05) is 7.11 Å². The first-order valence-corrected chi connectivity index (χ1v) is 4.84. The number of benzene rings is 1. The molecule has 1 aromatic carbocycles. The number of rotatable bonds is 2. The van der Waals surface area contributed by atoms with Crippen LogP contribution in [0.25, 0.3) is 10.9 Å². The molecule has 0 saturated carbocycles. The highest BCUT2D eigenvalue weighted by Gasteiger charge is 2.08. The van der Waals surface area contributed by atoms with Gasteiger partial charge in [-0.15, -0.1) is 0 Å². The lowest BCUT2D eigenvalue weighted by atomic mass is 10.1. The number of ether oxygens (including phenoxy) is 1. The largest absolute Gasteiger partial charge is 0.469 e. The Morgan fingerprint density at radius 3 is 3.00 bits per heavy atom. The molecule has 0 bridgehead atoms. The van der Waals surface area contributed by atoms with E-state index in [1.165, 1.54) is 12.7 Å². The summed E-state index contributed by atoms with van der Waals surface area (Å²) < 4.78 is 4.65. The van der Waals surface area contributed by atoms with E-state index in [0.717, 1.165) is 16.5 Å². The quantitative estimate of drug-likeness (QED) is 0.760. The molecule has 0 aliphatic carbocycles. The van der Waals surface area contributed by atoms with Crippen molar-refractivity contribution in [2.45, 2.75) is 13.3 Å². The van der Waals surface area contributed by atoms with Crippen LogP contribution in [0.4, 0.5) is 0 Å². The Bertz CT molecular complexity index is 499. The number of hydrogen-bond donors (Lipinski definition) is 1. The second-order valence-electron chi connectivity index (χ2n) is 3.62. The normalized spacial score (nSPS) is 10.5. The van der Waals surface area contributed by atoms with E-state index >= 15 is 0 Å². The van der Waals surface area contributed by atoms with Crippen molar-refractivity contribution in [3.63, 3.8) is 0 Å². The van der Waals surface area contributed by atoms with Gasteiger partial charge in [0.05, 0.1) is 13.5 Å². The molecule has 0 amide bonds. The molecular formula is C12H13NO2. The molecule has 0 radical (unpaired) electrons. The predicted molar refractivity (Wildman–Crippen MR) is 58.8 cm³/mol. The lowest BCUT2D eigenvalue weighted by molar-refractivity contribution is -0.139. The van der Waals surface area contributed by atoms with Gasteiger partial charge in [0.1, 0.15) is 0 Å². The van der Waals surface area contributed by atoms with Crippen molar-refractivity contribution in [3.8, 4) is 0 Å². The first-order chi connectivity index (χ1) is 7.20. The molecule has 1 aromatic heterocycles. The number of fused-ring (bicyclic) bond motifs is 1. The van der Waals surface area contributed by atoms with Gasteiger partial charge in [-0.05, 0) is 24.6 Å². The predicted octanol–water partition coefficient (Wildman–Crippen LogP) is 2.19. The Kier molecular flexibility index (Phi) is 2.46. The maximum atomic E-state index is 11.2. The molecule has 15 heavy (non-hydrogen) atoms. The van der Waals surface area contributed by atoms with Gasteiger partial charge in [-0.25, -0.2) is 0 Å². The van der Waals surface area contributed by atoms with Gasteiger partial charge in [-0.3, -0.25) is 4.79 Å². The SMILES string of the molecule is COC(=O)Cc1c[nH]c2ccc(C)cc12. The van der Waals surface area contributed by atoms with Gasteiger partial charge in [0.2, 0.25) is 0 Å². The maximum absolute atomic E-state index is 11.2. The lowest BCUT2D eigenvalue weighted by Gasteiger charge is -1.98. The van der Waals surface area contributed by atoms with E-state index in [9.17, 15) is 4.79 Å². The van der Waals surface area contributed by atoms with E-state index in [4.69, 9.17) is 0 Å². The van der Waals surface area contributed by atoms with E-state index in [1.54, 1.807) is 0 Å². The van der Waals surface area contributed by atoms with Gasteiger partial charge in [0.15, 0.2) is 0 Å². The molecule has 3 nitrogen and oxygen atoms in total. The molecular weight excluding hydrogens is 190 g/mol. The molecule has 0 unspecified atom stereocenters. The van der Waals surface area contributed by atoms with Gasteiger partial charge >= 0.3 is 5.97 Å². The molecule has 1 N–H and O–H groups in total. The number of carbonyl (C=O) groups is 1. The van der Waals surface area contributed by atoms with E-state index in [-0.39, 0.29) is 5.97 Å². The van der Waals surface area contributed by atoms with Crippen LogP contribution in [-0.4, -0.2) is 18.1 Å². The maximum Gasteiger partial charge on any atom is 0.310 e. The average Bonchev–Trinajstić information content (AvgIpc) is 2.61. The fourth-order valence-corrected chi connectivity index (χ4v) is 1.67. The summed E-state index contributed by atoms with van der Waals surface area (Å²) in [6, 6.07) is 6.14. The fraction of sp³-hybridized carbons (Fsp3) is 0.250. The van der Waals surface area contributed by atoms with Crippen molar-refractivity contribution in [1.82, 2.24) is 4.98 Å². The number of methoxy groups -OCH3 is 1. The number of esters is 1. The van der Waals surface area contributed by atoms with Gasteiger partial charge in [0, 0.05) is 17.1 Å². The number of aryl methyl sites for hydroxylation is 1. The molecule has 0 saturated heterocycles. The van der Waals surface area contributed by atoms with Crippen molar-refractivity contribution in [1.29, 1.82) is 0 Å². The lowest BCUT2D eigenvalue weighted by Crippen LogP contribution is -2.03. The summed E-state index contributed by atoms with van der Waals surface area (Å²) in [4.78, 5) is 14.3. The second kappa shape index (κ2) is 3.77. The monoisotopic (exact) mass is 203 g/mol. The summed E-state index contributed by atoms with van der Waals surface area (Å²) >= 11 is 0. The van der Waals surface area contributed by atoms with E-state index in [0.29, 0.717) is 6.42 Å². The molecule has 1 heterocycles. The van der Waals surface area contributed by atoms with E-state index < -0.39 is 0 Å². The molecule has 2 rings (SSSR count). The minimum Gasteiger partial charge on any atom is -0.469 e. The first-order valence-electron chi connectivity index (χ1n) is 4.84. The Morgan fingerprint density at radius 1 is 1.47 bits per heavy atom. The van der Waals surface area contributed by atoms with Crippen LogP contribution in [0.15, 0.2) is 24.4 Å². The van der Waals surface area contributed by atoms with Crippen LogP contribution in [-0.2, 0) is 16.0 Å². The fourth-order valence-electron chi connectivity index (χ4n) is 1.67. The number of aromatic nitrogens is 1. The van der Waals surface area contributed by atoms with E-state index in [1.807, 2.05) is 25.3 Å². The van der Waals surface area contributed by atoms with Crippen molar-refractivity contribution < 1.29 is 9.53 Å². The third-order valence-electron chi connectivity index (χ3n) is 2.49. The molecule has 0 aliphatic heterocycles. The first kappa shape index (κ1) is 9.77. The van der Waals surface area contributed by atoms with Crippen LogP contribution < -0.4 is 0 Å². The molecule has 3 heteroatoms. The highest BCUT2D eigenvalue weighted by molar-refractivity contribution is 5.87. The zero-order valence-corrected chi connectivity index (χ0v) is 8.83. The van der Waals surface area contributed by atoms with Crippen molar-refractivity contribution in [3.05, 3.63) is 35.5 Å². The van der Waals surface area contributed by atoms with E-state index in [2.05, 4.69) is 15.8 Å². The highest BCUT2D eigenvalue weighted by Crippen LogP contribution is 2.20. The number of carbonyl (C=O) groups excluding carboxylic acids is 1. The molecule has 2 aromatic rings. The minimum absolute atomic E-state index is 0.211. The van der Waals surface area contributed by atoms with Crippen LogP contribution in [0.5, 0.6) is 0 Å². The zero-order chi connectivity index (χ0) is 10.8. The Hall–Kier alpha value is -1.77. The van der Waals surface area contributed by atoms with Gasteiger partial charge < -0.3 is 9.72 Å². The van der Waals surface area contributed by atoms with Crippen LogP contribution >= 0.6 is 0 Å². The van der Waals surface area contributed by atoms with Crippen molar-refractivity contribution >= 4 is 16.9 Å². The number of nitrogens with one attached hydrogen (secondary N) is 1. The van der Waals surface area contributed by atoms with Gasteiger partial charge in [0.25, 0.3) is 0 Å². The molecule has 0 fully saturated rings.